The second kappa shape index (κ2) is 8.16. The molecule has 1 saturated heterocycles. The summed E-state index contributed by atoms with van der Waals surface area (Å²) in [6.07, 6.45) is 0.922. The molecule has 3 aromatic rings. The maximum atomic E-state index is 13.0. The quantitative estimate of drug-likeness (QED) is 0.675. The lowest BCUT2D eigenvalue weighted by atomic mass is 10.2. The van der Waals surface area contributed by atoms with Crippen molar-refractivity contribution in [2.75, 3.05) is 33.3 Å². The van der Waals surface area contributed by atoms with Crippen molar-refractivity contribution in [1.29, 1.82) is 0 Å². The standard InChI is InChI=1S/C21H26N6O2/c1-15-13-16(2)27-21(22-15)23-19(24-27)20(28)26-10-4-9-25(11-12-26)14-17-5-7-18(29-3)8-6-17/h5-8,13H,4,9-12,14H2,1-3H3. The molecule has 1 amide bonds. The smallest absolute Gasteiger partial charge is 0.293 e. The topological polar surface area (TPSA) is 75.9 Å². The number of nitrogens with zero attached hydrogens (tertiary/aromatic N) is 6. The molecule has 0 saturated carbocycles. The summed E-state index contributed by atoms with van der Waals surface area (Å²) in [5.41, 5.74) is 3.02. The van der Waals surface area contributed by atoms with Gasteiger partial charge in [0, 0.05) is 44.1 Å². The Morgan fingerprint density at radius 3 is 2.62 bits per heavy atom. The molecule has 0 atom stereocenters. The molecule has 29 heavy (non-hydrogen) atoms. The summed E-state index contributed by atoms with van der Waals surface area (Å²) in [6.45, 7) is 7.86. The number of aryl methyl sites for hydroxylation is 2. The molecule has 4 rings (SSSR count). The molecule has 152 valence electrons. The van der Waals surface area contributed by atoms with Crippen molar-refractivity contribution >= 4 is 11.7 Å². The fourth-order valence-corrected chi connectivity index (χ4v) is 3.72. The molecule has 1 aliphatic heterocycles. The Kier molecular flexibility index (Phi) is 5.44. The van der Waals surface area contributed by atoms with Crippen LogP contribution in [0, 0.1) is 13.8 Å². The number of ether oxygens (including phenoxy) is 1. The summed E-state index contributed by atoms with van der Waals surface area (Å²) in [6, 6.07) is 10.1. The largest absolute Gasteiger partial charge is 0.497 e. The van der Waals surface area contributed by atoms with Crippen LogP contribution < -0.4 is 4.74 Å². The van der Waals surface area contributed by atoms with Crippen molar-refractivity contribution in [3.8, 4) is 5.75 Å². The number of carbonyl (C=O) groups is 1. The minimum atomic E-state index is -0.126. The fraction of sp³-hybridized carbons (Fsp3) is 0.429. The van der Waals surface area contributed by atoms with E-state index in [-0.39, 0.29) is 11.7 Å². The number of aromatic nitrogens is 4. The SMILES string of the molecule is COc1ccc(CN2CCCN(C(=O)c3nc4nc(C)cc(C)n4n3)CC2)cc1. The second-order valence-electron chi connectivity index (χ2n) is 7.46. The van der Waals surface area contributed by atoms with Crippen molar-refractivity contribution in [3.05, 3.63) is 53.1 Å². The molecule has 8 nitrogen and oxygen atoms in total. The van der Waals surface area contributed by atoms with E-state index in [9.17, 15) is 4.79 Å². The number of carbonyl (C=O) groups excluding carboxylic acids is 1. The van der Waals surface area contributed by atoms with Crippen LogP contribution in [0.15, 0.2) is 30.3 Å². The summed E-state index contributed by atoms with van der Waals surface area (Å²) in [5.74, 6) is 1.43. The Balaban J connectivity index is 1.42. The monoisotopic (exact) mass is 394 g/mol. The van der Waals surface area contributed by atoms with Gasteiger partial charge in [0.2, 0.25) is 5.82 Å². The van der Waals surface area contributed by atoms with Crippen LogP contribution in [-0.2, 0) is 6.54 Å². The highest BCUT2D eigenvalue weighted by molar-refractivity contribution is 5.90. The molecular formula is C21H26N6O2. The van der Waals surface area contributed by atoms with Gasteiger partial charge in [-0.2, -0.15) is 4.98 Å². The summed E-state index contributed by atoms with van der Waals surface area (Å²) in [7, 11) is 1.67. The van der Waals surface area contributed by atoms with Crippen LogP contribution in [0.2, 0.25) is 0 Å². The van der Waals surface area contributed by atoms with Gasteiger partial charge in [-0.3, -0.25) is 9.69 Å². The molecule has 0 aliphatic carbocycles. The number of benzene rings is 1. The third-order valence-electron chi connectivity index (χ3n) is 5.25. The van der Waals surface area contributed by atoms with Gasteiger partial charge >= 0.3 is 0 Å². The Morgan fingerprint density at radius 1 is 1.07 bits per heavy atom. The van der Waals surface area contributed by atoms with Gasteiger partial charge < -0.3 is 9.64 Å². The molecule has 0 N–H and O–H groups in total. The van der Waals surface area contributed by atoms with E-state index < -0.39 is 0 Å². The van der Waals surface area contributed by atoms with E-state index in [2.05, 4.69) is 32.1 Å². The highest BCUT2D eigenvalue weighted by Gasteiger charge is 2.24. The first-order valence-electron chi connectivity index (χ1n) is 9.89. The molecule has 8 heteroatoms. The van der Waals surface area contributed by atoms with Crippen molar-refractivity contribution in [2.24, 2.45) is 0 Å². The number of fused-ring (bicyclic) bond motifs is 1. The molecule has 3 heterocycles. The van der Waals surface area contributed by atoms with E-state index in [4.69, 9.17) is 4.74 Å². The van der Waals surface area contributed by atoms with Crippen LogP contribution in [0.1, 0.15) is 34.0 Å². The van der Waals surface area contributed by atoms with Crippen LogP contribution >= 0.6 is 0 Å². The zero-order valence-corrected chi connectivity index (χ0v) is 17.1. The lowest BCUT2D eigenvalue weighted by molar-refractivity contribution is 0.0749. The van der Waals surface area contributed by atoms with Crippen LogP contribution in [0.4, 0.5) is 0 Å². The van der Waals surface area contributed by atoms with E-state index in [1.165, 1.54) is 5.56 Å². The van der Waals surface area contributed by atoms with Gasteiger partial charge in [-0.1, -0.05) is 12.1 Å². The predicted molar refractivity (Wildman–Crippen MR) is 109 cm³/mol. The van der Waals surface area contributed by atoms with Crippen LogP contribution in [0.5, 0.6) is 5.75 Å². The van der Waals surface area contributed by atoms with Crippen molar-refractivity contribution < 1.29 is 9.53 Å². The zero-order valence-electron chi connectivity index (χ0n) is 17.1. The van der Waals surface area contributed by atoms with E-state index in [1.54, 1.807) is 11.6 Å². The zero-order chi connectivity index (χ0) is 20.4. The lowest BCUT2D eigenvalue weighted by Gasteiger charge is -2.21. The molecule has 0 bridgehead atoms. The van der Waals surface area contributed by atoms with Gasteiger partial charge in [0.15, 0.2) is 0 Å². The summed E-state index contributed by atoms with van der Waals surface area (Å²) in [4.78, 5) is 26.0. The van der Waals surface area contributed by atoms with Gasteiger partial charge in [0.1, 0.15) is 5.75 Å². The third-order valence-corrected chi connectivity index (χ3v) is 5.25. The number of hydrogen-bond acceptors (Lipinski definition) is 6. The predicted octanol–water partition coefficient (Wildman–Crippen LogP) is 2.10. The molecule has 2 aromatic heterocycles. The normalized spacial score (nSPS) is 15.5. The highest BCUT2D eigenvalue weighted by atomic mass is 16.5. The van der Waals surface area contributed by atoms with E-state index in [1.807, 2.05) is 36.9 Å². The van der Waals surface area contributed by atoms with Gasteiger partial charge in [0.25, 0.3) is 11.7 Å². The molecule has 1 aliphatic rings. The van der Waals surface area contributed by atoms with Crippen LogP contribution in [0.25, 0.3) is 5.78 Å². The fourth-order valence-electron chi connectivity index (χ4n) is 3.72. The first-order valence-corrected chi connectivity index (χ1v) is 9.89. The van der Waals surface area contributed by atoms with Crippen LogP contribution in [0.3, 0.4) is 0 Å². The van der Waals surface area contributed by atoms with Crippen molar-refractivity contribution in [1.82, 2.24) is 29.4 Å². The Labute approximate surface area is 170 Å². The molecular weight excluding hydrogens is 368 g/mol. The van der Waals surface area contributed by atoms with Gasteiger partial charge in [-0.15, -0.1) is 5.10 Å². The molecule has 0 radical (unpaired) electrons. The molecule has 0 unspecified atom stereocenters. The lowest BCUT2D eigenvalue weighted by Crippen LogP contribution is -2.35. The first kappa shape index (κ1) is 19.3. The van der Waals surface area contributed by atoms with Gasteiger partial charge in [0.05, 0.1) is 7.11 Å². The van der Waals surface area contributed by atoms with E-state index in [0.717, 1.165) is 43.2 Å². The number of methoxy groups -OCH3 is 1. The molecule has 0 spiro atoms. The van der Waals surface area contributed by atoms with E-state index >= 15 is 0 Å². The Hall–Kier alpha value is -3.00. The van der Waals surface area contributed by atoms with Crippen molar-refractivity contribution in [3.63, 3.8) is 0 Å². The summed E-state index contributed by atoms with van der Waals surface area (Å²) < 4.78 is 6.85. The van der Waals surface area contributed by atoms with E-state index in [0.29, 0.717) is 18.9 Å². The van der Waals surface area contributed by atoms with Crippen molar-refractivity contribution in [2.45, 2.75) is 26.8 Å². The minimum Gasteiger partial charge on any atom is -0.497 e. The third kappa shape index (κ3) is 4.22. The maximum Gasteiger partial charge on any atom is 0.293 e. The average molecular weight is 394 g/mol. The molecule has 1 fully saturated rings. The Morgan fingerprint density at radius 2 is 1.86 bits per heavy atom. The molecule has 1 aromatic carbocycles. The summed E-state index contributed by atoms with van der Waals surface area (Å²) >= 11 is 0. The average Bonchev–Trinajstić information content (AvgIpc) is 3.01. The highest BCUT2D eigenvalue weighted by Crippen LogP contribution is 2.15. The van der Waals surface area contributed by atoms with Gasteiger partial charge in [-0.05, 0) is 44.0 Å². The number of hydrogen-bond donors (Lipinski definition) is 0. The minimum absolute atomic E-state index is 0.126. The Bertz CT molecular complexity index is 1010. The van der Waals surface area contributed by atoms with Crippen LogP contribution in [-0.4, -0.2) is 68.6 Å². The summed E-state index contributed by atoms with van der Waals surface area (Å²) in [5, 5.41) is 4.39. The van der Waals surface area contributed by atoms with Gasteiger partial charge in [-0.25, -0.2) is 9.50 Å². The maximum absolute atomic E-state index is 13.0. The number of rotatable bonds is 4. The number of amides is 1. The first-order chi connectivity index (χ1) is 14.0. The second-order valence-corrected chi connectivity index (χ2v) is 7.46.